The van der Waals surface area contributed by atoms with E-state index < -0.39 is 0 Å². The molecular weight excluding hydrogens is 394 g/mol. The number of benzene rings is 2. The third-order valence-corrected chi connectivity index (χ3v) is 5.27. The van der Waals surface area contributed by atoms with E-state index in [0.29, 0.717) is 11.5 Å². The molecule has 0 aliphatic carbocycles. The molecule has 2 heterocycles. The van der Waals surface area contributed by atoms with Gasteiger partial charge in [-0.25, -0.2) is 9.97 Å². The molecule has 2 aromatic heterocycles. The lowest BCUT2D eigenvalue weighted by atomic mass is 10.2. The van der Waals surface area contributed by atoms with E-state index in [1.165, 1.54) is 5.56 Å². The summed E-state index contributed by atoms with van der Waals surface area (Å²) in [5.74, 6) is 1.16. The Morgan fingerprint density at radius 3 is 2.47 bits per heavy atom. The Bertz CT molecular complexity index is 1110. The van der Waals surface area contributed by atoms with Crippen molar-refractivity contribution >= 4 is 35.0 Å². The highest BCUT2D eigenvalue weighted by atomic mass is 32.2. The molecule has 2 N–H and O–H groups in total. The van der Waals surface area contributed by atoms with E-state index in [1.807, 2.05) is 48.7 Å². The predicted octanol–water partition coefficient (Wildman–Crippen LogP) is 5.16. The number of hydrogen-bond donors (Lipinski definition) is 2. The summed E-state index contributed by atoms with van der Waals surface area (Å²) in [6, 6.07) is 20.8. The van der Waals surface area contributed by atoms with Crippen LogP contribution in [0.1, 0.15) is 15.9 Å². The van der Waals surface area contributed by atoms with Gasteiger partial charge in [0.25, 0.3) is 5.91 Å². The summed E-state index contributed by atoms with van der Waals surface area (Å²) >= 11 is 1.73. The van der Waals surface area contributed by atoms with Crippen molar-refractivity contribution in [3.05, 3.63) is 103 Å². The molecule has 4 aromatic rings. The number of anilines is 3. The minimum atomic E-state index is -0.177. The molecule has 4 rings (SSSR count). The lowest BCUT2D eigenvalue weighted by Crippen LogP contribution is -2.12. The fourth-order valence-corrected chi connectivity index (χ4v) is 3.55. The van der Waals surface area contributed by atoms with Gasteiger partial charge in [0.2, 0.25) is 5.95 Å². The van der Waals surface area contributed by atoms with Crippen LogP contribution in [0.5, 0.6) is 0 Å². The Balaban J connectivity index is 1.36. The second-order valence-corrected chi connectivity index (χ2v) is 7.46. The first-order valence-electron chi connectivity index (χ1n) is 9.33. The van der Waals surface area contributed by atoms with Crippen molar-refractivity contribution in [1.29, 1.82) is 0 Å². The van der Waals surface area contributed by atoms with Crippen LogP contribution in [-0.4, -0.2) is 20.9 Å². The second kappa shape index (κ2) is 9.67. The number of hydrogen-bond acceptors (Lipinski definition) is 6. The number of carbonyl (C=O) groups excluding carboxylic acids is 1. The number of thioether (sulfide) groups is 1. The summed E-state index contributed by atoms with van der Waals surface area (Å²) < 4.78 is 0. The van der Waals surface area contributed by atoms with E-state index in [0.717, 1.165) is 22.0 Å². The molecule has 2 aromatic carbocycles. The van der Waals surface area contributed by atoms with E-state index in [-0.39, 0.29) is 5.91 Å². The highest BCUT2D eigenvalue weighted by Gasteiger charge is 2.08. The average Bonchev–Trinajstić information content (AvgIpc) is 2.80. The Hall–Kier alpha value is -3.71. The Kier molecular flexibility index (Phi) is 6.31. The van der Waals surface area contributed by atoms with Gasteiger partial charge in [-0.3, -0.25) is 9.78 Å². The molecule has 0 atom stereocenters. The topological polar surface area (TPSA) is 79.8 Å². The first kappa shape index (κ1) is 19.6. The largest absolute Gasteiger partial charge is 0.324 e. The molecular formula is C23H19N5OS. The van der Waals surface area contributed by atoms with Crippen LogP contribution in [0, 0.1) is 0 Å². The van der Waals surface area contributed by atoms with Crippen molar-refractivity contribution in [3.63, 3.8) is 0 Å². The number of rotatable bonds is 7. The zero-order valence-corrected chi connectivity index (χ0v) is 16.8. The normalized spacial score (nSPS) is 10.4. The molecule has 0 unspecified atom stereocenters. The number of pyridine rings is 1. The predicted molar refractivity (Wildman–Crippen MR) is 120 cm³/mol. The molecule has 1 amide bonds. The van der Waals surface area contributed by atoms with Crippen LogP contribution < -0.4 is 10.6 Å². The number of amides is 1. The highest BCUT2D eigenvalue weighted by Crippen LogP contribution is 2.24. The maximum atomic E-state index is 12.6. The lowest BCUT2D eigenvalue weighted by Gasteiger charge is -2.09. The van der Waals surface area contributed by atoms with Crippen LogP contribution in [0.2, 0.25) is 0 Å². The first-order valence-corrected chi connectivity index (χ1v) is 10.3. The minimum absolute atomic E-state index is 0.177. The molecule has 0 saturated heterocycles. The van der Waals surface area contributed by atoms with Gasteiger partial charge < -0.3 is 10.6 Å². The lowest BCUT2D eigenvalue weighted by molar-refractivity contribution is 0.102. The number of carbonyl (C=O) groups is 1. The van der Waals surface area contributed by atoms with Gasteiger partial charge in [-0.05, 0) is 60.2 Å². The Morgan fingerprint density at radius 2 is 1.70 bits per heavy atom. The molecule has 0 aliphatic heterocycles. The van der Waals surface area contributed by atoms with Gasteiger partial charge in [-0.1, -0.05) is 12.1 Å². The van der Waals surface area contributed by atoms with Crippen molar-refractivity contribution in [1.82, 2.24) is 15.0 Å². The van der Waals surface area contributed by atoms with E-state index in [4.69, 9.17) is 0 Å². The fourth-order valence-electron chi connectivity index (χ4n) is 2.72. The van der Waals surface area contributed by atoms with Gasteiger partial charge in [0, 0.05) is 52.4 Å². The van der Waals surface area contributed by atoms with Crippen LogP contribution in [0.15, 0.2) is 96.4 Å². The summed E-state index contributed by atoms with van der Waals surface area (Å²) in [5, 5.41) is 6.02. The third kappa shape index (κ3) is 5.42. The van der Waals surface area contributed by atoms with Crippen molar-refractivity contribution in [2.24, 2.45) is 0 Å². The summed E-state index contributed by atoms with van der Waals surface area (Å²) in [6.45, 7) is 0. The van der Waals surface area contributed by atoms with Gasteiger partial charge in [0.1, 0.15) is 0 Å². The zero-order chi connectivity index (χ0) is 20.6. The molecule has 6 nitrogen and oxygen atoms in total. The van der Waals surface area contributed by atoms with E-state index in [1.54, 1.807) is 48.6 Å². The van der Waals surface area contributed by atoms with E-state index in [9.17, 15) is 4.79 Å². The fraction of sp³-hybridized carbons (Fsp3) is 0.0435. The Morgan fingerprint density at radius 1 is 0.867 bits per heavy atom. The standard InChI is InChI=1S/C23H19N5OS/c29-22(18-5-1-6-20(14-18)28-23-25-12-3-13-26-23)27-19-7-9-21(10-8-19)30-16-17-4-2-11-24-15-17/h1-15H,16H2,(H,27,29)(H,25,26,28). The molecule has 7 heteroatoms. The van der Waals surface area contributed by atoms with E-state index >= 15 is 0 Å². The van der Waals surface area contributed by atoms with Gasteiger partial charge in [-0.2, -0.15) is 0 Å². The highest BCUT2D eigenvalue weighted by molar-refractivity contribution is 7.98. The summed E-state index contributed by atoms with van der Waals surface area (Å²) in [5.41, 5.74) is 3.21. The molecule has 30 heavy (non-hydrogen) atoms. The minimum Gasteiger partial charge on any atom is -0.324 e. The van der Waals surface area contributed by atoms with Gasteiger partial charge in [0.05, 0.1) is 0 Å². The third-order valence-electron chi connectivity index (χ3n) is 4.19. The average molecular weight is 414 g/mol. The maximum absolute atomic E-state index is 12.6. The monoisotopic (exact) mass is 413 g/mol. The molecule has 0 spiro atoms. The molecule has 0 bridgehead atoms. The molecule has 0 radical (unpaired) electrons. The molecule has 0 aliphatic rings. The maximum Gasteiger partial charge on any atom is 0.255 e. The zero-order valence-electron chi connectivity index (χ0n) is 16.0. The first-order chi connectivity index (χ1) is 14.8. The van der Waals surface area contributed by atoms with Crippen LogP contribution in [0.4, 0.5) is 17.3 Å². The smallest absolute Gasteiger partial charge is 0.255 e. The number of nitrogens with one attached hydrogen (secondary N) is 2. The van der Waals surface area contributed by atoms with Gasteiger partial charge in [0.15, 0.2) is 0 Å². The van der Waals surface area contributed by atoms with Crippen molar-refractivity contribution in [2.75, 3.05) is 10.6 Å². The molecule has 0 saturated carbocycles. The van der Waals surface area contributed by atoms with Crippen molar-refractivity contribution < 1.29 is 4.79 Å². The number of aromatic nitrogens is 3. The van der Waals surface area contributed by atoms with Crippen molar-refractivity contribution in [3.8, 4) is 0 Å². The SMILES string of the molecule is O=C(Nc1ccc(SCc2cccnc2)cc1)c1cccc(Nc2ncccn2)c1. The summed E-state index contributed by atoms with van der Waals surface area (Å²) in [6.07, 6.45) is 6.95. The van der Waals surface area contributed by atoms with Gasteiger partial charge >= 0.3 is 0 Å². The Labute approximate surface area is 178 Å². The summed E-state index contributed by atoms with van der Waals surface area (Å²) in [7, 11) is 0. The second-order valence-electron chi connectivity index (χ2n) is 6.41. The van der Waals surface area contributed by atoms with E-state index in [2.05, 4.69) is 31.7 Å². The van der Waals surface area contributed by atoms with Crippen LogP contribution in [0.3, 0.4) is 0 Å². The van der Waals surface area contributed by atoms with Crippen LogP contribution >= 0.6 is 11.8 Å². The quantitative estimate of drug-likeness (QED) is 0.408. The van der Waals surface area contributed by atoms with Crippen molar-refractivity contribution in [2.45, 2.75) is 10.6 Å². The summed E-state index contributed by atoms with van der Waals surface area (Å²) in [4.78, 5) is 26.2. The van der Waals surface area contributed by atoms with Crippen LogP contribution in [-0.2, 0) is 5.75 Å². The number of nitrogens with zero attached hydrogens (tertiary/aromatic N) is 3. The van der Waals surface area contributed by atoms with Crippen LogP contribution in [0.25, 0.3) is 0 Å². The van der Waals surface area contributed by atoms with Gasteiger partial charge in [-0.15, -0.1) is 11.8 Å². The molecule has 0 fully saturated rings. The molecule has 148 valence electrons.